The van der Waals surface area contributed by atoms with Crippen molar-refractivity contribution in [2.24, 2.45) is 0 Å². The second-order valence-corrected chi connectivity index (χ2v) is 3.80. The molecule has 0 amide bonds. The van der Waals surface area contributed by atoms with Crippen molar-refractivity contribution in [1.29, 1.82) is 0 Å². The van der Waals surface area contributed by atoms with Crippen molar-refractivity contribution < 1.29 is 18.7 Å². The number of cyclic esters (lactones) is 2. The van der Waals surface area contributed by atoms with E-state index in [4.69, 9.17) is 4.42 Å². The Labute approximate surface area is 102 Å². The number of carbonyl (C=O) groups is 2. The van der Waals surface area contributed by atoms with Gasteiger partial charge in [0, 0.05) is 5.56 Å². The molecule has 0 saturated heterocycles. The summed E-state index contributed by atoms with van der Waals surface area (Å²) in [6.45, 7) is 0. The van der Waals surface area contributed by atoms with Gasteiger partial charge in [-0.1, -0.05) is 18.2 Å². The summed E-state index contributed by atoms with van der Waals surface area (Å²) in [5, 5.41) is 0. The summed E-state index contributed by atoms with van der Waals surface area (Å²) in [6.07, 6.45) is 3.07. The maximum Gasteiger partial charge on any atom is 0.346 e. The molecule has 3 rings (SSSR count). The van der Waals surface area contributed by atoms with E-state index >= 15 is 0 Å². The van der Waals surface area contributed by atoms with E-state index in [2.05, 4.69) is 4.74 Å². The second-order valence-electron chi connectivity index (χ2n) is 3.80. The van der Waals surface area contributed by atoms with Crippen LogP contribution in [-0.2, 0) is 9.53 Å². The third-order valence-electron chi connectivity index (χ3n) is 2.67. The first kappa shape index (κ1) is 10.5. The van der Waals surface area contributed by atoms with Gasteiger partial charge < -0.3 is 9.15 Å². The highest BCUT2D eigenvalue weighted by Crippen LogP contribution is 2.28. The number of benzene rings is 1. The predicted octanol–water partition coefficient (Wildman–Crippen LogP) is 2.52. The molecule has 1 aliphatic rings. The van der Waals surface area contributed by atoms with E-state index in [-0.39, 0.29) is 0 Å². The molecule has 0 spiro atoms. The Morgan fingerprint density at radius 3 is 2.39 bits per heavy atom. The van der Waals surface area contributed by atoms with Crippen LogP contribution in [-0.4, -0.2) is 11.9 Å². The van der Waals surface area contributed by atoms with Crippen molar-refractivity contribution >= 4 is 23.6 Å². The average molecular weight is 240 g/mol. The van der Waals surface area contributed by atoms with Crippen molar-refractivity contribution in [2.75, 3.05) is 0 Å². The third-order valence-corrected chi connectivity index (χ3v) is 2.67. The molecule has 0 atom stereocenters. The molecule has 0 bridgehead atoms. The van der Waals surface area contributed by atoms with Gasteiger partial charge in [0.25, 0.3) is 0 Å². The first-order valence-electron chi connectivity index (χ1n) is 5.37. The van der Waals surface area contributed by atoms with Gasteiger partial charge in [-0.05, 0) is 24.3 Å². The van der Waals surface area contributed by atoms with E-state index in [0.29, 0.717) is 22.5 Å². The first-order valence-corrected chi connectivity index (χ1v) is 5.37. The van der Waals surface area contributed by atoms with Crippen LogP contribution in [0.1, 0.15) is 21.7 Å². The summed E-state index contributed by atoms with van der Waals surface area (Å²) in [6, 6.07) is 10.3. The molecule has 2 heterocycles. The van der Waals surface area contributed by atoms with Crippen molar-refractivity contribution in [2.45, 2.75) is 0 Å². The molecule has 0 radical (unpaired) electrons. The molecule has 0 saturated carbocycles. The van der Waals surface area contributed by atoms with Crippen LogP contribution >= 0.6 is 0 Å². The van der Waals surface area contributed by atoms with Crippen molar-refractivity contribution in [3.63, 3.8) is 0 Å². The first-order chi connectivity index (χ1) is 8.75. The van der Waals surface area contributed by atoms with Crippen LogP contribution in [0.25, 0.3) is 11.6 Å². The summed E-state index contributed by atoms with van der Waals surface area (Å²) in [7, 11) is 0. The average Bonchev–Trinajstić information content (AvgIpc) is 2.87. The molecule has 2 aromatic rings. The molecule has 18 heavy (non-hydrogen) atoms. The van der Waals surface area contributed by atoms with Crippen LogP contribution in [0.5, 0.6) is 0 Å². The van der Waals surface area contributed by atoms with E-state index in [1.165, 1.54) is 6.26 Å². The number of rotatable bonds is 1. The summed E-state index contributed by atoms with van der Waals surface area (Å²) in [5.41, 5.74) is 1.27. The van der Waals surface area contributed by atoms with Gasteiger partial charge in [-0.25, -0.2) is 9.59 Å². The number of hydrogen-bond donors (Lipinski definition) is 0. The lowest BCUT2D eigenvalue weighted by atomic mass is 9.97. The van der Waals surface area contributed by atoms with Gasteiger partial charge >= 0.3 is 11.9 Å². The van der Waals surface area contributed by atoms with E-state index in [1.54, 1.807) is 42.5 Å². The summed E-state index contributed by atoms with van der Waals surface area (Å²) >= 11 is 0. The molecule has 4 heteroatoms. The largest absolute Gasteiger partial charge is 0.465 e. The highest BCUT2D eigenvalue weighted by atomic mass is 16.6. The third kappa shape index (κ3) is 1.64. The van der Waals surface area contributed by atoms with Crippen molar-refractivity contribution in [1.82, 2.24) is 0 Å². The van der Waals surface area contributed by atoms with Crippen LogP contribution in [0, 0.1) is 0 Å². The summed E-state index contributed by atoms with van der Waals surface area (Å²) < 4.78 is 9.84. The maximum atomic E-state index is 11.7. The number of ether oxygens (including phenoxy) is 1. The molecule has 0 aliphatic carbocycles. The van der Waals surface area contributed by atoms with Gasteiger partial charge in [0.1, 0.15) is 5.76 Å². The Hall–Kier alpha value is -2.62. The molecule has 1 aliphatic heterocycles. The fourth-order valence-corrected chi connectivity index (χ4v) is 1.85. The fraction of sp³-hybridized carbons (Fsp3) is 0. The highest BCUT2D eigenvalue weighted by molar-refractivity contribution is 6.29. The second kappa shape index (κ2) is 4.00. The van der Waals surface area contributed by atoms with Gasteiger partial charge in [0.05, 0.1) is 17.4 Å². The lowest BCUT2D eigenvalue weighted by molar-refractivity contribution is -0.131. The van der Waals surface area contributed by atoms with Crippen LogP contribution < -0.4 is 0 Å². The number of hydrogen-bond acceptors (Lipinski definition) is 4. The Kier molecular flexibility index (Phi) is 2.34. The van der Waals surface area contributed by atoms with Crippen molar-refractivity contribution in [3.05, 3.63) is 59.5 Å². The monoisotopic (exact) mass is 240 g/mol. The zero-order valence-electron chi connectivity index (χ0n) is 9.25. The Morgan fingerprint density at radius 1 is 0.889 bits per heavy atom. The van der Waals surface area contributed by atoms with Gasteiger partial charge in [-0.3, -0.25) is 0 Å². The van der Waals surface area contributed by atoms with Crippen LogP contribution in [0.15, 0.2) is 47.1 Å². The smallest absolute Gasteiger partial charge is 0.346 e. The predicted molar refractivity (Wildman–Crippen MR) is 63.4 cm³/mol. The number of fused-ring (bicyclic) bond motifs is 1. The quantitative estimate of drug-likeness (QED) is 0.436. The Bertz CT molecular complexity index is 650. The highest BCUT2D eigenvalue weighted by Gasteiger charge is 2.29. The minimum Gasteiger partial charge on any atom is -0.465 e. The summed E-state index contributed by atoms with van der Waals surface area (Å²) in [5.74, 6) is -0.742. The minimum absolute atomic E-state index is 0.320. The zero-order valence-corrected chi connectivity index (χ0v) is 9.25. The molecule has 0 N–H and O–H groups in total. The Morgan fingerprint density at radius 2 is 1.67 bits per heavy atom. The van der Waals surface area contributed by atoms with Crippen LogP contribution in [0.2, 0.25) is 0 Å². The zero-order chi connectivity index (χ0) is 12.5. The van der Waals surface area contributed by atoms with Gasteiger partial charge in [0.2, 0.25) is 0 Å². The molecule has 1 aromatic carbocycles. The molecular formula is C14H8O4. The molecule has 0 fully saturated rings. The lowest BCUT2D eigenvalue weighted by Crippen LogP contribution is -2.21. The lowest BCUT2D eigenvalue weighted by Gasteiger charge is -2.16. The fourth-order valence-electron chi connectivity index (χ4n) is 1.85. The molecule has 1 aromatic heterocycles. The van der Waals surface area contributed by atoms with Gasteiger partial charge in [-0.15, -0.1) is 0 Å². The molecule has 0 unspecified atom stereocenters. The van der Waals surface area contributed by atoms with E-state index in [1.807, 2.05) is 0 Å². The number of furan rings is 1. The molecular weight excluding hydrogens is 232 g/mol. The minimum atomic E-state index is -0.657. The maximum absolute atomic E-state index is 11.7. The Balaban J connectivity index is 2.18. The van der Waals surface area contributed by atoms with Crippen LogP contribution in [0.3, 0.4) is 0 Å². The van der Waals surface area contributed by atoms with E-state index in [9.17, 15) is 9.59 Å². The number of esters is 2. The topological polar surface area (TPSA) is 56.5 Å². The standard InChI is InChI=1S/C14H8O4/c15-13-11-6-2-1-5-10(11)12(14(16)18-13)8-9-4-3-7-17-9/h1-8H/b12-8+. The summed E-state index contributed by atoms with van der Waals surface area (Å²) in [4.78, 5) is 23.3. The van der Waals surface area contributed by atoms with Crippen LogP contribution in [0.4, 0.5) is 0 Å². The van der Waals surface area contributed by atoms with Crippen molar-refractivity contribution in [3.8, 4) is 0 Å². The van der Waals surface area contributed by atoms with E-state index in [0.717, 1.165) is 0 Å². The normalized spacial score (nSPS) is 16.6. The van der Waals surface area contributed by atoms with Gasteiger partial charge in [0.15, 0.2) is 0 Å². The van der Waals surface area contributed by atoms with Gasteiger partial charge in [-0.2, -0.15) is 0 Å². The SMILES string of the molecule is O=C1OC(=O)c2ccccc2/C1=C\c1ccco1. The molecule has 4 nitrogen and oxygen atoms in total. The van der Waals surface area contributed by atoms with E-state index < -0.39 is 11.9 Å². The number of carbonyl (C=O) groups excluding carboxylic acids is 2. The molecule has 88 valence electrons.